The molecule has 3 saturated heterocycles. The first-order valence-corrected chi connectivity index (χ1v) is 24.2. The summed E-state index contributed by atoms with van der Waals surface area (Å²) in [6.45, 7) is 13.7. The topological polar surface area (TPSA) is 239 Å². The number of piperazine rings is 1. The molecule has 378 valence electrons. The second-order valence-corrected chi connectivity index (χ2v) is 18.3. The van der Waals surface area contributed by atoms with Gasteiger partial charge in [0, 0.05) is 103 Å². The molecule has 20 nitrogen and oxygen atoms in total. The molecule has 3 aromatic carbocycles. The number of carbonyl (C=O) groups excluding carboxylic acids is 2. The second kappa shape index (κ2) is 21.9. The van der Waals surface area contributed by atoms with Crippen LogP contribution in [0.2, 0.25) is 0 Å². The normalized spacial score (nSPS) is 16.2. The van der Waals surface area contributed by atoms with Crippen molar-refractivity contribution in [2.75, 3.05) is 87.7 Å². The number of phenols is 2. The van der Waals surface area contributed by atoms with E-state index in [2.05, 4.69) is 45.2 Å². The molecule has 72 heavy (non-hydrogen) atoms. The number of nitrogens with one attached hydrogen (secondary N) is 1. The number of esters is 1. The van der Waals surface area contributed by atoms with Crippen LogP contribution in [0.4, 0.5) is 26.6 Å². The van der Waals surface area contributed by atoms with Gasteiger partial charge in [0.2, 0.25) is 23.7 Å². The number of hydrogen-bond donors (Lipinski definition) is 4. The summed E-state index contributed by atoms with van der Waals surface area (Å²) in [6.07, 6.45) is -1.05. The van der Waals surface area contributed by atoms with E-state index in [4.69, 9.17) is 20.2 Å². The molecular weight excluding hydrogens is 931 g/mol. The molecule has 3 aromatic heterocycles. The van der Waals surface area contributed by atoms with Gasteiger partial charge in [0.1, 0.15) is 23.3 Å². The van der Waals surface area contributed by atoms with Gasteiger partial charge in [-0.25, -0.2) is 23.5 Å². The first kappa shape index (κ1) is 49.5. The maximum atomic E-state index is 14.1. The Balaban J connectivity index is 0.790. The van der Waals surface area contributed by atoms with Crippen LogP contribution in [-0.4, -0.2) is 150 Å². The Hall–Kier alpha value is -7.43. The van der Waals surface area contributed by atoms with Crippen LogP contribution < -0.4 is 20.9 Å². The van der Waals surface area contributed by atoms with E-state index in [0.717, 1.165) is 43.9 Å². The van der Waals surface area contributed by atoms with Gasteiger partial charge >= 0.3 is 5.97 Å². The number of rotatable bonds is 15. The highest BCUT2D eigenvalue weighted by atomic mass is 19.3. The number of aromatic nitrogens is 8. The van der Waals surface area contributed by atoms with Gasteiger partial charge in [0.15, 0.2) is 11.6 Å². The molecule has 9 rings (SSSR count). The number of amides is 1. The molecule has 0 atom stereocenters. The lowest BCUT2D eigenvalue weighted by Gasteiger charge is -2.35. The van der Waals surface area contributed by atoms with Gasteiger partial charge in [-0.2, -0.15) is 15.0 Å². The molecule has 0 unspecified atom stereocenters. The van der Waals surface area contributed by atoms with Crippen molar-refractivity contribution in [3.8, 4) is 40.0 Å². The Morgan fingerprint density at radius 1 is 0.806 bits per heavy atom. The molecule has 3 fully saturated rings. The monoisotopic (exact) mass is 988 g/mol. The van der Waals surface area contributed by atoms with Crippen molar-refractivity contribution in [2.45, 2.75) is 65.1 Å². The predicted octanol–water partition coefficient (Wildman–Crippen LogP) is 5.36. The Morgan fingerprint density at radius 3 is 2.12 bits per heavy atom. The third kappa shape index (κ3) is 11.2. The highest BCUT2D eigenvalue weighted by Gasteiger charge is 2.30. The Bertz CT molecular complexity index is 2880. The fraction of sp³-hybridized carbons (Fsp3) is 0.420. The summed E-state index contributed by atoms with van der Waals surface area (Å²) in [7, 11) is 0. The zero-order chi connectivity index (χ0) is 50.5. The summed E-state index contributed by atoms with van der Waals surface area (Å²) < 4.78 is 41.4. The summed E-state index contributed by atoms with van der Waals surface area (Å²) in [5.41, 5.74) is 9.25. The van der Waals surface area contributed by atoms with E-state index < -0.39 is 24.0 Å². The van der Waals surface area contributed by atoms with E-state index >= 15 is 0 Å². The number of aromatic hydroxyl groups is 2. The zero-order valence-electron chi connectivity index (χ0n) is 40.4. The summed E-state index contributed by atoms with van der Waals surface area (Å²) in [4.78, 5) is 56.9. The lowest BCUT2D eigenvalue weighted by atomic mass is 9.98. The summed E-state index contributed by atoms with van der Waals surface area (Å²) >= 11 is 0. The number of halogens is 2. The van der Waals surface area contributed by atoms with Gasteiger partial charge in [-0.15, -0.1) is 10.2 Å². The molecule has 5 N–H and O–H groups in total. The largest absolute Gasteiger partial charge is 0.508 e. The molecule has 6 heterocycles. The SMILES string of the molecule is CCNC(=O)c1nnc(-c2cc(C(C)C)c(O)cc2O)n1-c1ccc(CN2CCN(Cc3cccc(C(=O)OC4CCN(c5nc(-c6cnc(N)nc6C(F)F)nc(N6CCOCC6)n5)CC4)c3)CC2)cc1. The van der Waals surface area contributed by atoms with Crippen LogP contribution in [0.5, 0.6) is 11.5 Å². The van der Waals surface area contributed by atoms with E-state index in [9.17, 15) is 28.6 Å². The number of nitrogen functional groups attached to an aromatic ring is 1. The number of nitrogens with two attached hydrogens (primary N) is 1. The molecule has 3 aliphatic heterocycles. The van der Waals surface area contributed by atoms with Crippen molar-refractivity contribution < 1.29 is 38.1 Å². The quantitative estimate of drug-likeness (QED) is 0.0947. The number of phenolic OH excluding ortho intramolecular Hbond substituents is 2. The molecule has 22 heteroatoms. The maximum Gasteiger partial charge on any atom is 0.338 e. The molecule has 0 saturated carbocycles. The van der Waals surface area contributed by atoms with E-state index in [1.54, 1.807) is 16.7 Å². The van der Waals surface area contributed by atoms with Gasteiger partial charge in [-0.3, -0.25) is 19.2 Å². The third-order valence-electron chi connectivity index (χ3n) is 13.0. The minimum Gasteiger partial charge on any atom is -0.508 e. The summed E-state index contributed by atoms with van der Waals surface area (Å²) in [6, 6.07) is 18.4. The van der Waals surface area contributed by atoms with E-state index in [1.807, 2.05) is 73.0 Å². The van der Waals surface area contributed by atoms with Crippen molar-refractivity contribution >= 4 is 29.7 Å². The Kier molecular flexibility index (Phi) is 15.1. The first-order chi connectivity index (χ1) is 34.8. The minimum atomic E-state index is -2.93. The number of piperidine rings is 1. The fourth-order valence-electron chi connectivity index (χ4n) is 9.16. The number of benzene rings is 3. The summed E-state index contributed by atoms with van der Waals surface area (Å²) in [5, 5.41) is 32.7. The van der Waals surface area contributed by atoms with Gasteiger partial charge < -0.3 is 40.5 Å². The van der Waals surface area contributed by atoms with Crippen molar-refractivity contribution in [3.63, 3.8) is 0 Å². The number of hydrogen-bond acceptors (Lipinski definition) is 18. The predicted molar refractivity (Wildman–Crippen MR) is 263 cm³/mol. The lowest BCUT2D eigenvalue weighted by Crippen LogP contribution is -2.45. The van der Waals surface area contributed by atoms with E-state index in [-0.39, 0.29) is 52.5 Å². The smallest absolute Gasteiger partial charge is 0.338 e. The number of anilines is 3. The van der Waals surface area contributed by atoms with Gasteiger partial charge in [0.05, 0.1) is 29.9 Å². The number of carbonyl (C=O) groups is 2. The van der Waals surface area contributed by atoms with Gasteiger partial charge in [0.25, 0.3) is 12.3 Å². The maximum absolute atomic E-state index is 14.1. The molecule has 0 bridgehead atoms. The Labute approximate surface area is 414 Å². The number of morpholine rings is 1. The Morgan fingerprint density at radius 2 is 1.47 bits per heavy atom. The standard InChI is InChI=1S/C50H58F2N14O6/c1-4-54-46(69)45-61-60-44(37-25-36(30(2)3)39(67)26-40(37)68)66(45)34-10-8-31(9-11-34)28-62-16-18-63(19-17-62)29-32-6-5-7-33(24-32)47(70)72-35-12-14-64(15-13-35)49-57-43(38-27-55-48(53)56-41(38)42(51)52)58-50(59-49)65-20-22-71-23-21-65/h5-11,24-27,30,35,42,67-68H,4,12-23,28-29H2,1-3H3,(H,54,69)(H2,53,55,56). The van der Waals surface area contributed by atoms with E-state index in [1.165, 1.54) is 12.3 Å². The minimum absolute atomic E-state index is 0.0151. The van der Waals surface area contributed by atoms with Gasteiger partial charge in [-0.1, -0.05) is 38.1 Å². The van der Waals surface area contributed by atoms with Crippen LogP contribution in [0.1, 0.15) is 89.3 Å². The van der Waals surface area contributed by atoms with Crippen LogP contribution in [-0.2, 0) is 22.6 Å². The average molecular weight is 989 g/mol. The molecule has 6 aromatic rings. The molecule has 0 spiro atoms. The third-order valence-corrected chi connectivity index (χ3v) is 13.0. The highest BCUT2D eigenvalue weighted by molar-refractivity contribution is 5.92. The van der Waals surface area contributed by atoms with Crippen LogP contribution in [0, 0.1) is 0 Å². The van der Waals surface area contributed by atoms with Gasteiger partial charge in [-0.05, 0) is 59.9 Å². The van der Waals surface area contributed by atoms with Crippen LogP contribution in [0.3, 0.4) is 0 Å². The highest BCUT2D eigenvalue weighted by Crippen LogP contribution is 2.38. The van der Waals surface area contributed by atoms with Crippen molar-refractivity contribution in [1.29, 1.82) is 0 Å². The number of nitrogens with zero attached hydrogens (tertiary/aromatic N) is 12. The lowest BCUT2D eigenvalue weighted by molar-refractivity contribution is 0.0244. The van der Waals surface area contributed by atoms with Crippen LogP contribution in [0.25, 0.3) is 28.5 Å². The first-order valence-electron chi connectivity index (χ1n) is 24.2. The zero-order valence-corrected chi connectivity index (χ0v) is 40.4. The van der Waals surface area contributed by atoms with Crippen molar-refractivity contribution in [2.24, 2.45) is 0 Å². The molecule has 3 aliphatic rings. The van der Waals surface area contributed by atoms with Crippen LogP contribution in [0.15, 0.2) is 66.9 Å². The molecule has 0 aliphatic carbocycles. The van der Waals surface area contributed by atoms with Crippen LogP contribution >= 0.6 is 0 Å². The number of ether oxygens (including phenoxy) is 2. The molecule has 1 amide bonds. The molecule has 0 radical (unpaired) electrons. The average Bonchev–Trinajstić information content (AvgIpc) is 3.83. The van der Waals surface area contributed by atoms with Crippen molar-refractivity contribution in [3.05, 3.63) is 101 Å². The summed E-state index contributed by atoms with van der Waals surface area (Å²) in [5.74, 6) is -0.298. The molecular formula is C50H58F2N14O6. The van der Waals surface area contributed by atoms with Crippen molar-refractivity contribution in [1.82, 2.24) is 54.8 Å². The fourth-order valence-corrected chi connectivity index (χ4v) is 9.16. The second-order valence-electron chi connectivity index (χ2n) is 18.3. The number of alkyl halides is 2. The van der Waals surface area contributed by atoms with E-state index in [0.29, 0.717) is 99.6 Å².